The number of benzene rings is 2. The van der Waals surface area contributed by atoms with Crippen LogP contribution in [0.5, 0.6) is 0 Å². The molecular weight excluding hydrogens is 392 g/mol. The SMILES string of the molecule is O=C(Nc1ccccc1)C1CCCN(c2ncnc3ccc(Br)cc23)C1. The third-order valence-electron chi connectivity index (χ3n) is 4.71. The maximum atomic E-state index is 12.7. The molecule has 0 saturated carbocycles. The number of carbonyl (C=O) groups excluding carboxylic acids is 1. The number of aromatic nitrogens is 2. The smallest absolute Gasteiger partial charge is 0.229 e. The first-order chi connectivity index (χ1) is 12.7. The molecule has 1 aliphatic heterocycles. The van der Waals surface area contributed by atoms with Crippen molar-refractivity contribution in [2.24, 2.45) is 5.92 Å². The lowest BCUT2D eigenvalue weighted by molar-refractivity contribution is -0.120. The Morgan fingerprint density at radius 2 is 2.00 bits per heavy atom. The number of nitrogens with one attached hydrogen (secondary N) is 1. The third-order valence-corrected chi connectivity index (χ3v) is 5.20. The summed E-state index contributed by atoms with van der Waals surface area (Å²) in [5, 5.41) is 4.03. The van der Waals surface area contributed by atoms with Crippen LogP contribution in [0.1, 0.15) is 12.8 Å². The minimum atomic E-state index is -0.0545. The zero-order valence-corrected chi connectivity index (χ0v) is 15.8. The van der Waals surface area contributed by atoms with Crippen molar-refractivity contribution in [1.29, 1.82) is 0 Å². The summed E-state index contributed by atoms with van der Waals surface area (Å²) in [5.74, 6) is 0.912. The van der Waals surface area contributed by atoms with Gasteiger partial charge in [0.25, 0.3) is 0 Å². The number of amides is 1. The number of nitrogens with zero attached hydrogens (tertiary/aromatic N) is 3. The van der Waals surface area contributed by atoms with Crippen molar-refractivity contribution in [1.82, 2.24) is 9.97 Å². The van der Waals surface area contributed by atoms with Crippen LogP contribution in [0.15, 0.2) is 59.3 Å². The van der Waals surface area contributed by atoms with Crippen LogP contribution in [0.4, 0.5) is 11.5 Å². The molecule has 26 heavy (non-hydrogen) atoms. The van der Waals surface area contributed by atoms with Gasteiger partial charge in [0.15, 0.2) is 0 Å². The fourth-order valence-corrected chi connectivity index (χ4v) is 3.78. The molecule has 1 saturated heterocycles. The molecule has 1 aromatic heterocycles. The normalized spacial score (nSPS) is 17.3. The van der Waals surface area contributed by atoms with Gasteiger partial charge in [-0.3, -0.25) is 4.79 Å². The molecule has 2 aromatic carbocycles. The van der Waals surface area contributed by atoms with Crippen molar-refractivity contribution in [3.8, 4) is 0 Å². The van der Waals surface area contributed by atoms with Gasteiger partial charge >= 0.3 is 0 Å². The van der Waals surface area contributed by atoms with E-state index >= 15 is 0 Å². The Hall–Kier alpha value is -2.47. The number of para-hydroxylation sites is 1. The van der Waals surface area contributed by atoms with Crippen LogP contribution in [0, 0.1) is 5.92 Å². The topological polar surface area (TPSA) is 58.1 Å². The first kappa shape index (κ1) is 17.0. The zero-order valence-electron chi connectivity index (χ0n) is 14.2. The van der Waals surface area contributed by atoms with Gasteiger partial charge in [-0.25, -0.2) is 9.97 Å². The van der Waals surface area contributed by atoms with Crippen LogP contribution >= 0.6 is 15.9 Å². The molecule has 1 aliphatic rings. The van der Waals surface area contributed by atoms with Crippen LogP contribution in [-0.2, 0) is 4.79 Å². The van der Waals surface area contributed by atoms with E-state index in [9.17, 15) is 4.79 Å². The fraction of sp³-hybridized carbons (Fsp3) is 0.250. The van der Waals surface area contributed by atoms with Gasteiger partial charge in [0, 0.05) is 28.6 Å². The number of rotatable bonds is 3. The van der Waals surface area contributed by atoms with Gasteiger partial charge in [0.05, 0.1) is 11.4 Å². The van der Waals surface area contributed by atoms with Crippen molar-refractivity contribution < 1.29 is 4.79 Å². The lowest BCUT2D eigenvalue weighted by Gasteiger charge is -2.33. The first-order valence-electron chi connectivity index (χ1n) is 8.72. The van der Waals surface area contributed by atoms with Gasteiger partial charge in [0.1, 0.15) is 12.1 Å². The Kier molecular flexibility index (Phi) is 4.84. The average Bonchev–Trinajstić information content (AvgIpc) is 2.68. The predicted molar refractivity (Wildman–Crippen MR) is 107 cm³/mol. The quantitative estimate of drug-likeness (QED) is 0.700. The van der Waals surface area contributed by atoms with Crippen molar-refractivity contribution >= 4 is 44.2 Å². The third kappa shape index (κ3) is 3.55. The summed E-state index contributed by atoms with van der Waals surface area (Å²) in [5.41, 5.74) is 1.75. The molecule has 0 spiro atoms. The molecule has 3 aromatic rings. The van der Waals surface area contributed by atoms with Gasteiger partial charge in [0.2, 0.25) is 5.91 Å². The number of carbonyl (C=O) groups is 1. The van der Waals surface area contributed by atoms with Crippen molar-refractivity contribution in [2.45, 2.75) is 12.8 Å². The second-order valence-electron chi connectivity index (χ2n) is 6.50. The molecule has 6 heteroatoms. The number of hydrogen-bond acceptors (Lipinski definition) is 4. The number of piperidine rings is 1. The molecule has 1 N–H and O–H groups in total. The van der Waals surface area contributed by atoms with E-state index in [0.29, 0.717) is 6.54 Å². The van der Waals surface area contributed by atoms with E-state index in [2.05, 4.69) is 36.1 Å². The molecule has 5 nitrogen and oxygen atoms in total. The lowest BCUT2D eigenvalue weighted by atomic mass is 9.96. The van der Waals surface area contributed by atoms with Crippen LogP contribution in [0.25, 0.3) is 10.9 Å². The van der Waals surface area contributed by atoms with E-state index in [1.165, 1.54) is 0 Å². The molecule has 1 unspecified atom stereocenters. The molecule has 1 fully saturated rings. The van der Waals surface area contributed by atoms with Crippen molar-refractivity contribution in [2.75, 3.05) is 23.3 Å². The second-order valence-corrected chi connectivity index (χ2v) is 7.41. The fourth-order valence-electron chi connectivity index (χ4n) is 3.42. The Morgan fingerprint density at radius 3 is 2.85 bits per heavy atom. The largest absolute Gasteiger partial charge is 0.355 e. The predicted octanol–water partition coefficient (Wildman–Crippen LogP) is 4.25. The van der Waals surface area contributed by atoms with Crippen LogP contribution in [0.2, 0.25) is 0 Å². The van der Waals surface area contributed by atoms with Gasteiger partial charge in [-0.2, -0.15) is 0 Å². The average molecular weight is 411 g/mol. The van der Waals surface area contributed by atoms with Crippen molar-refractivity contribution in [3.05, 3.63) is 59.3 Å². The summed E-state index contributed by atoms with van der Waals surface area (Å²) < 4.78 is 0.997. The highest BCUT2D eigenvalue weighted by Crippen LogP contribution is 2.29. The molecular formula is C20H19BrN4O. The molecule has 132 valence electrons. The van der Waals surface area contributed by atoms with E-state index in [1.54, 1.807) is 6.33 Å². The number of fused-ring (bicyclic) bond motifs is 1. The number of hydrogen-bond donors (Lipinski definition) is 1. The highest BCUT2D eigenvalue weighted by Gasteiger charge is 2.27. The summed E-state index contributed by atoms with van der Waals surface area (Å²) in [6.45, 7) is 1.56. The maximum absolute atomic E-state index is 12.7. The van der Waals surface area contributed by atoms with Crippen LogP contribution < -0.4 is 10.2 Å². The Labute approximate surface area is 160 Å². The van der Waals surface area contributed by atoms with Gasteiger partial charge in [-0.15, -0.1) is 0 Å². The Bertz CT molecular complexity index is 932. The van der Waals surface area contributed by atoms with Crippen LogP contribution in [-0.4, -0.2) is 29.0 Å². The van der Waals surface area contributed by atoms with E-state index in [0.717, 1.165) is 46.3 Å². The minimum Gasteiger partial charge on any atom is -0.355 e. The summed E-state index contributed by atoms with van der Waals surface area (Å²) in [7, 11) is 0. The van der Waals surface area contributed by atoms with E-state index in [1.807, 2.05) is 48.5 Å². The van der Waals surface area contributed by atoms with E-state index < -0.39 is 0 Å². The standard InChI is InChI=1S/C20H19BrN4O/c21-15-8-9-18-17(11-15)19(23-13-22-18)25-10-4-5-14(12-25)20(26)24-16-6-2-1-3-7-16/h1-3,6-9,11,13-14H,4-5,10,12H2,(H,24,26). The summed E-state index contributed by atoms with van der Waals surface area (Å²) in [4.78, 5) is 23.7. The van der Waals surface area contributed by atoms with Gasteiger partial charge in [-0.05, 0) is 43.2 Å². The second kappa shape index (κ2) is 7.41. The van der Waals surface area contributed by atoms with Gasteiger partial charge in [-0.1, -0.05) is 34.1 Å². The van der Waals surface area contributed by atoms with Crippen LogP contribution in [0.3, 0.4) is 0 Å². The highest BCUT2D eigenvalue weighted by molar-refractivity contribution is 9.10. The molecule has 1 amide bonds. The monoisotopic (exact) mass is 410 g/mol. The zero-order chi connectivity index (χ0) is 17.9. The minimum absolute atomic E-state index is 0.0545. The Morgan fingerprint density at radius 1 is 1.15 bits per heavy atom. The summed E-state index contributed by atoms with van der Waals surface area (Å²) >= 11 is 3.52. The first-order valence-corrected chi connectivity index (χ1v) is 9.51. The Balaban J connectivity index is 1.55. The number of anilines is 2. The molecule has 2 heterocycles. The molecule has 0 aliphatic carbocycles. The molecule has 1 atom stereocenters. The molecule has 4 rings (SSSR count). The lowest BCUT2D eigenvalue weighted by Crippen LogP contribution is -2.41. The maximum Gasteiger partial charge on any atom is 0.229 e. The molecule has 0 radical (unpaired) electrons. The van der Waals surface area contributed by atoms with Gasteiger partial charge < -0.3 is 10.2 Å². The highest BCUT2D eigenvalue weighted by atomic mass is 79.9. The summed E-state index contributed by atoms with van der Waals surface area (Å²) in [6.07, 6.45) is 3.45. The van der Waals surface area contributed by atoms with E-state index in [4.69, 9.17) is 0 Å². The number of halogens is 1. The van der Waals surface area contributed by atoms with E-state index in [-0.39, 0.29) is 11.8 Å². The van der Waals surface area contributed by atoms with Crippen molar-refractivity contribution in [3.63, 3.8) is 0 Å². The summed E-state index contributed by atoms with van der Waals surface area (Å²) in [6, 6.07) is 15.6. The molecule has 0 bridgehead atoms.